The summed E-state index contributed by atoms with van der Waals surface area (Å²) in [5, 5.41) is 18.0. The molecule has 2 N–H and O–H groups in total. The van der Waals surface area contributed by atoms with Gasteiger partial charge in [-0.25, -0.2) is 9.37 Å². The van der Waals surface area contributed by atoms with Crippen molar-refractivity contribution in [3.8, 4) is 5.88 Å². The zero-order valence-electron chi connectivity index (χ0n) is 10.2. The molecule has 0 radical (unpaired) electrons. The van der Waals surface area contributed by atoms with Crippen LogP contribution in [0.25, 0.3) is 11.0 Å². The minimum Gasteiger partial charge on any atom is -0.481 e. The molecule has 0 fully saturated rings. The zero-order valence-corrected chi connectivity index (χ0v) is 10.2. The first-order valence-electron chi connectivity index (χ1n) is 5.40. The maximum Gasteiger partial charge on any atom is 0.322 e. The summed E-state index contributed by atoms with van der Waals surface area (Å²) in [6.45, 7) is 0. The largest absolute Gasteiger partial charge is 0.481 e. The third-order valence-electron chi connectivity index (χ3n) is 2.67. The second kappa shape index (κ2) is 5.08. The monoisotopic (exact) mass is 280 g/mol. The summed E-state index contributed by atoms with van der Waals surface area (Å²) in [6, 6.07) is 2.89. The third kappa shape index (κ3) is 2.22. The van der Waals surface area contributed by atoms with Gasteiger partial charge in [0.05, 0.1) is 18.8 Å². The molecule has 2 heterocycles. The van der Waals surface area contributed by atoms with Gasteiger partial charge in [0.1, 0.15) is 11.3 Å². The maximum absolute atomic E-state index is 13.9. The van der Waals surface area contributed by atoms with Crippen molar-refractivity contribution >= 4 is 23.0 Å². The van der Waals surface area contributed by atoms with Gasteiger partial charge in [0.15, 0.2) is 5.92 Å². The van der Waals surface area contributed by atoms with Gasteiger partial charge >= 0.3 is 11.9 Å². The number of aliphatic carboxylic acids is 2. The number of rotatable bonds is 4. The number of hydrogen-bond donors (Lipinski definition) is 2. The number of hydrogen-bond acceptors (Lipinski definition) is 5. The summed E-state index contributed by atoms with van der Waals surface area (Å²) in [7, 11) is 1.33. The van der Waals surface area contributed by atoms with Gasteiger partial charge in [0.2, 0.25) is 5.88 Å². The fourth-order valence-corrected chi connectivity index (χ4v) is 1.79. The molecule has 2 aromatic heterocycles. The van der Waals surface area contributed by atoms with Gasteiger partial charge < -0.3 is 14.9 Å². The van der Waals surface area contributed by atoms with Gasteiger partial charge in [-0.1, -0.05) is 0 Å². The van der Waals surface area contributed by atoms with Crippen molar-refractivity contribution in [3.63, 3.8) is 0 Å². The summed E-state index contributed by atoms with van der Waals surface area (Å²) >= 11 is 0. The molecule has 0 bridgehead atoms. The Morgan fingerprint density at radius 1 is 1.30 bits per heavy atom. The Bertz CT molecular complexity index is 690. The molecule has 0 saturated heterocycles. The highest BCUT2D eigenvalue weighted by atomic mass is 19.1. The molecule has 0 amide bonds. The van der Waals surface area contributed by atoms with Gasteiger partial charge in [0, 0.05) is 11.6 Å². The fraction of sp³-hybridized carbons (Fsp3) is 0.167. The highest BCUT2D eigenvalue weighted by molar-refractivity contribution is 6.02. The lowest BCUT2D eigenvalue weighted by Gasteiger charge is -2.11. The van der Waals surface area contributed by atoms with E-state index in [2.05, 4.69) is 9.97 Å². The Morgan fingerprint density at radius 2 is 1.95 bits per heavy atom. The van der Waals surface area contributed by atoms with Crippen LogP contribution in [0, 0.1) is 5.82 Å². The first-order valence-corrected chi connectivity index (χ1v) is 5.40. The van der Waals surface area contributed by atoms with E-state index in [1.54, 1.807) is 0 Å². The summed E-state index contributed by atoms with van der Waals surface area (Å²) in [5.41, 5.74) is -0.525. The molecule has 0 unspecified atom stereocenters. The first-order chi connectivity index (χ1) is 9.45. The molecule has 0 aliphatic rings. The number of pyridine rings is 2. The van der Waals surface area contributed by atoms with Crippen molar-refractivity contribution in [1.82, 2.24) is 9.97 Å². The van der Waals surface area contributed by atoms with Gasteiger partial charge in [-0.15, -0.1) is 0 Å². The van der Waals surface area contributed by atoms with Crippen molar-refractivity contribution < 1.29 is 28.9 Å². The lowest BCUT2D eigenvalue weighted by atomic mass is 9.98. The number of aromatic nitrogens is 2. The van der Waals surface area contributed by atoms with Crippen LogP contribution in [0.3, 0.4) is 0 Å². The molecule has 7 nitrogen and oxygen atoms in total. The molecule has 8 heteroatoms. The number of ether oxygens (including phenoxy) is 1. The minimum atomic E-state index is -2.07. The molecule has 0 saturated carbocycles. The van der Waals surface area contributed by atoms with E-state index in [1.807, 2.05) is 0 Å². The fourth-order valence-electron chi connectivity index (χ4n) is 1.79. The molecule has 104 valence electrons. The van der Waals surface area contributed by atoms with Crippen LogP contribution in [-0.4, -0.2) is 39.2 Å². The topological polar surface area (TPSA) is 110 Å². The van der Waals surface area contributed by atoms with Crippen LogP contribution < -0.4 is 4.74 Å². The van der Waals surface area contributed by atoms with Gasteiger partial charge in [0.25, 0.3) is 0 Å². The van der Waals surface area contributed by atoms with Crippen molar-refractivity contribution in [2.45, 2.75) is 5.92 Å². The van der Waals surface area contributed by atoms with Crippen molar-refractivity contribution in [3.05, 3.63) is 29.7 Å². The first kappa shape index (κ1) is 13.7. The van der Waals surface area contributed by atoms with Crippen molar-refractivity contribution in [1.29, 1.82) is 0 Å². The number of halogens is 1. The number of fused-ring (bicyclic) bond motifs is 1. The third-order valence-corrected chi connectivity index (χ3v) is 2.67. The summed E-state index contributed by atoms with van der Waals surface area (Å²) < 4.78 is 18.7. The molecule has 0 spiro atoms. The summed E-state index contributed by atoms with van der Waals surface area (Å²) in [6.07, 6.45) is 0.769. The highest BCUT2D eigenvalue weighted by Gasteiger charge is 2.33. The second-order valence-electron chi connectivity index (χ2n) is 3.85. The Morgan fingerprint density at radius 3 is 2.50 bits per heavy atom. The number of carbonyl (C=O) groups is 2. The zero-order chi connectivity index (χ0) is 14.9. The van der Waals surface area contributed by atoms with Crippen molar-refractivity contribution in [2.24, 2.45) is 0 Å². The average molecular weight is 280 g/mol. The molecule has 2 rings (SSSR count). The Hall–Kier alpha value is -2.77. The van der Waals surface area contributed by atoms with E-state index < -0.39 is 29.2 Å². The number of nitrogens with zero attached hydrogens (tertiary/aromatic N) is 2. The molecule has 2 aromatic rings. The van der Waals surface area contributed by atoms with Crippen LogP contribution in [-0.2, 0) is 9.59 Å². The van der Waals surface area contributed by atoms with E-state index in [9.17, 15) is 14.0 Å². The predicted molar refractivity (Wildman–Crippen MR) is 64.1 cm³/mol. The molecule has 0 aliphatic carbocycles. The quantitative estimate of drug-likeness (QED) is 0.805. The summed E-state index contributed by atoms with van der Waals surface area (Å²) in [4.78, 5) is 29.8. The van der Waals surface area contributed by atoms with E-state index in [4.69, 9.17) is 14.9 Å². The highest BCUT2D eigenvalue weighted by Crippen LogP contribution is 2.28. The van der Waals surface area contributed by atoms with Gasteiger partial charge in [-0.2, -0.15) is 0 Å². The van der Waals surface area contributed by atoms with E-state index in [0.29, 0.717) is 0 Å². The Kier molecular flexibility index (Phi) is 3.47. The number of carboxylic acids is 2. The van der Waals surface area contributed by atoms with Crippen LogP contribution in [0.15, 0.2) is 18.3 Å². The standard InChI is InChI=1S/C12H9FN2O5/c1-20-7-3-2-6-10(15-7)8(5(13)4-14-6)9(11(16)17)12(18)19/h2-4,9H,1H3,(H,16,17)(H,18,19). The smallest absolute Gasteiger partial charge is 0.322 e. The Balaban J connectivity index is 2.81. The summed E-state index contributed by atoms with van der Waals surface area (Å²) in [5.74, 6) is -6.39. The molecule has 20 heavy (non-hydrogen) atoms. The van der Waals surface area contributed by atoms with Gasteiger partial charge in [-0.05, 0) is 6.07 Å². The van der Waals surface area contributed by atoms with E-state index >= 15 is 0 Å². The minimum absolute atomic E-state index is 0.0978. The SMILES string of the molecule is COc1ccc2ncc(F)c(C(C(=O)O)C(=O)O)c2n1. The van der Waals surface area contributed by atoms with Gasteiger partial charge in [-0.3, -0.25) is 14.6 Å². The predicted octanol–water partition coefficient (Wildman–Crippen LogP) is 1.03. The second-order valence-corrected chi connectivity index (χ2v) is 3.85. The lowest BCUT2D eigenvalue weighted by Crippen LogP contribution is -2.23. The van der Waals surface area contributed by atoms with Crippen LogP contribution >= 0.6 is 0 Å². The van der Waals surface area contributed by atoms with E-state index in [1.165, 1.54) is 19.2 Å². The molecule has 0 atom stereocenters. The van der Waals surface area contributed by atoms with Crippen LogP contribution in [0.1, 0.15) is 11.5 Å². The normalized spacial score (nSPS) is 10.8. The van der Waals surface area contributed by atoms with Crippen LogP contribution in [0.4, 0.5) is 4.39 Å². The van der Waals surface area contributed by atoms with Crippen molar-refractivity contribution in [2.75, 3.05) is 7.11 Å². The van der Waals surface area contributed by atoms with E-state index in [0.717, 1.165) is 6.20 Å². The lowest BCUT2D eigenvalue weighted by molar-refractivity contribution is -0.150. The number of carboxylic acid groups (broad SMARTS) is 2. The van der Waals surface area contributed by atoms with Crippen LogP contribution in [0.5, 0.6) is 5.88 Å². The average Bonchev–Trinajstić information content (AvgIpc) is 2.40. The number of methoxy groups -OCH3 is 1. The molecule has 0 aliphatic heterocycles. The Labute approximate surface area is 111 Å². The molecular weight excluding hydrogens is 271 g/mol. The van der Waals surface area contributed by atoms with Crippen LogP contribution in [0.2, 0.25) is 0 Å². The maximum atomic E-state index is 13.9. The molecular formula is C12H9FN2O5. The molecule has 0 aromatic carbocycles. The van der Waals surface area contributed by atoms with E-state index in [-0.39, 0.29) is 16.9 Å².